The molecule has 1 saturated heterocycles. The molecule has 23 heavy (non-hydrogen) atoms. The minimum absolute atomic E-state index is 0.0907. The second-order valence-corrected chi connectivity index (χ2v) is 8.23. The molecule has 2 rings (SSSR count). The molecule has 1 unspecified atom stereocenters. The highest BCUT2D eigenvalue weighted by Gasteiger charge is 2.16. The molecule has 0 aromatic heterocycles. The quantitative estimate of drug-likeness (QED) is 0.592. The van der Waals surface area contributed by atoms with Gasteiger partial charge in [-0.05, 0) is 76.0 Å². The minimum Gasteiger partial charge on any atom is -0.355 e. The van der Waals surface area contributed by atoms with Crippen LogP contribution in [0.25, 0.3) is 0 Å². The number of benzene rings is 1. The lowest BCUT2D eigenvalue weighted by molar-refractivity contribution is -0.120. The third-order valence-electron chi connectivity index (χ3n) is 4.32. The molecule has 1 aromatic rings. The normalized spacial score (nSPS) is 17.9. The summed E-state index contributed by atoms with van der Waals surface area (Å²) in [6, 6.07) is 7.62. The van der Waals surface area contributed by atoms with E-state index in [1.165, 1.54) is 25.9 Å². The largest absolute Gasteiger partial charge is 0.355 e. The molecule has 1 aliphatic heterocycles. The Bertz CT molecular complexity index is 486. The molecule has 1 aromatic carbocycles. The van der Waals surface area contributed by atoms with Gasteiger partial charge in [-0.2, -0.15) is 0 Å². The first-order valence-electron chi connectivity index (χ1n) is 8.47. The summed E-state index contributed by atoms with van der Waals surface area (Å²) in [5.74, 6) is 0.980. The summed E-state index contributed by atoms with van der Waals surface area (Å²) < 4.78 is 0. The molecule has 0 bridgehead atoms. The molecule has 0 saturated carbocycles. The van der Waals surface area contributed by atoms with Crippen molar-refractivity contribution in [2.24, 2.45) is 5.92 Å². The van der Waals surface area contributed by atoms with E-state index < -0.39 is 0 Å². The molecular weight excluding hydrogens is 328 g/mol. The summed E-state index contributed by atoms with van der Waals surface area (Å²) in [5, 5.41) is 3.68. The number of thioether (sulfide) groups is 1. The molecule has 128 valence electrons. The summed E-state index contributed by atoms with van der Waals surface area (Å²) in [6.07, 6.45) is 3.64. The van der Waals surface area contributed by atoms with E-state index in [4.69, 9.17) is 11.6 Å². The lowest BCUT2D eigenvalue weighted by Crippen LogP contribution is -2.36. The number of carbonyl (C=O) groups is 1. The van der Waals surface area contributed by atoms with Crippen molar-refractivity contribution in [3.63, 3.8) is 0 Å². The molecule has 0 spiro atoms. The number of carbonyl (C=O) groups excluding carboxylic acids is 1. The fraction of sp³-hybridized carbons (Fsp3) is 0.611. The maximum absolute atomic E-state index is 12.1. The maximum Gasteiger partial charge on any atom is 0.233 e. The van der Waals surface area contributed by atoms with E-state index >= 15 is 0 Å². The van der Waals surface area contributed by atoms with Crippen LogP contribution >= 0.6 is 23.4 Å². The van der Waals surface area contributed by atoms with Crippen molar-refractivity contribution < 1.29 is 4.79 Å². The number of nitrogens with zero attached hydrogens (tertiary/aromatic N) is 1. The Hall–Kier alpha value is -0.710. The van der Waals surface area contributed by atoms with Crippen LogP contribution in [0.3, 0.4) is 0 Å². The van der Waals surface area contributed by atoms with Crippen molar-refractivity contribution in [3.8, 4) is 0 Å². The fourth-order valence-corrected chi connectivity index (χ4v) is 3.73. The van der Waals surface area contributed by atoms with Gasteiger partial charge in [0, 0.05) is 16.5 Å². The molecule has 0 aliphatic carbocycles. The van der Waals surface area contributed by atoms with Crippen molar-refractivity contribution in [2.45, 2.75) is 43.3 Å². The highest BCUT2D eigenvalue weighted by molar-refractivity contribution is 8.00. The van der Waals surface area contributed by atoms with Gasteiger partial charge in [-0.15, -0.1) is 11.8 Å². The van der Waals surface area contributed by atoms with Gasteiger partial charge >= 0.3 is 0 Å². The first-order valence-corrected chi connectivity index (χ1v) is 9.72. The predicted octanol–water partition coefficient (Wildman–Crippen LogP) is 4.06. The second kappa shape index (κ2) is 9.55. The van der Waals surface area contributed by atoms with E-state index in [-0.39, 0.29) is 11.2 Å². The molecule has 1 aliphatic rings. The number of hydrogen-bond donors (Lipinski definition) is 1. The first-order chi connectivity index (χ1) is 11.0. The highest BCUT2D eigenvalue weighted by atomic mass is 35.5. The van der Waals surface area contributed by atoms with Gasteiger partial charge in [-0.25, -0.2) is 0 Å². The van der Waals surface area contributed by atoms with Crippen molar-refractivity contribution in [1.29, 1.82) is 0 Å². The van der Waals surface area contributed by atoms with E-state index in [1.54, 1.807) is 11.8 Å². The van der Waals surface area contributed by atoms with Crippen LogP contribution in [0.2, 0.25) is 5.02 Å². The molecular formula is C18H27ClN2OS. The van der Waals surface area contributed by atoms with Crippen LogP contribution in [-0.2, 0) is 4.79 Å². The van der Waals surface area contributed by atoms with Crippen LogP contribution in [0.5, 0.6) is 0 Å². The minimum atomic E-state index is -0.0907. The van der Waals surface area contributed by atoms with Crippen LogP contribution in [0.4, 0.5) is 0 Å². The topological polar surface area (TPSA) is 32.3 Å². The van der Waals surface area contributed by atoms with Crippen molar-refractivity contribution >= 4 is 29.3 Å². The summed E-state index contributed by atoms with van der Waals surface area (Å²) in [7, 11) is 0. The predicted molar refractivity (Wildman–Crippen MR) is 99.2 cm³/mol. The Morgan fingerprint density at radius 2 is 2.00 bits per heavy atom. The number of hydrogen-bond acceptors (Lipinski definition) is 3. The number of amides is 1. The molecule has 0 radical (unpaired) electrons. The standard InChI is InChI=1S/C18H27ClN2OS/c1-14-8-12-21(13-9-14)11-3-10-20-18(22)15(2)23-17-6-4-16(19)5-7-17/h4-7,14-15H,3,8-13H2,1-2H3,(H,20,22). The maximum atomic E-state index is 12.1. The van der Waals surface area contributed by atoms with Gasteiger partial charge in [0.15, 0.2) is 0 Å². The lowest BCUT2D eigenvalue weighted by Gasteiger charge is -2.30. The smallest absolute Gasteiger partial charge is 0.233 e. The first kappa shape index (κ1) is 18.6. The van der Waals surface area contributed by atoms with Crippen LogP contribution in [0.1, 0.15) is 33.1 Å². The third-order valence-corrected chi connectivity index (χ3v) is 5.69. The van der Waals surface area contributed by atoms with Gasteiger partial charge in [0.05, 0.1) is 5.25 Å². The lowest BCUT2D eigenvalue weighted by atomic mass is 9.99. The van der Waals surface area contributed by atoms with E-state index in [0.29, 0.717) is 0 Å². The summed E-state index contributed by atoms with van der Waals surface area (Å²) >= 11 is 7.44. The fourth-order valence-electron chi connectivity index (χ4n) is 2.71. The monoisotopic (exact) mass is 354 g/mol. The third kappa shape index (κ3) is 6.74. The number of piperidine rings is 1. The molecule has 5 heteroatoms. The van der Waals surface area contributed by atoms with E-state index in [0.717, 1.165) is 35.3 Å². The molecule has 1 heterocycles. The Morgan fingerprint density at radius 3 is 2.65 bits per heavy atom. The Balaban J connectivity index is 1.61. The zero-order chi connectivity index (χ0) is 16.7. The van der Waals surface area contributed by atoms with Crippen molar-refractivity contribution in [1.82, 2.24) is 10.2 Å². The number of rotatable bonds is 7. The van der Waals surface area contributed by atoms with E-state index in [2.05, 4.69) is 17.1 Å². The van der Waals surface area contributed by atoms with Crippen LogP contribution in [0.15, 0.2) is 29.2 Å². The SMILES string of the molecule is CC1CCN(CCCNC(=O)C(C)Sc2ccc(Cl)cc2)CC1. The molecule has 1 amide bonds. The zero-order valence-corrected chi connectivity index (χ0v) is 15.6. The van der Waals surface area contributed by atoms with Gasteiger partial charge in [0.2, 0.25) is 5.91 Å². The number of likely N-dealkylation sites (tertiary alicyclic amines) is 1. The zero-order valence-electron chi connectivity index (χ0n) is 14.1. The number of halogens is 1. The Labute approximate surface area is 149 Å². The van der Waals surface area contributed by atoms with Gasteiger partial charge in [0.25, 0.3) is 0 Å². The molecule has 1 fully saturated rings. The Kier molecular flexibility index (Phi) is 7.74. The van der Waals surface area contributed by atoms with E-state index in [9.17, 15) is 4.79 Å². The Morgan fingerprint density at radius 1 is 1.35 bits per heavy atom. The van der Waals surface area contributed by atoms with Crippen LogP contribution in [-0.4, -0.2) is 42.2 Å². The average molecular weight is 355 g/mol. The van der Waals surface area contributed by atoms with Gasteiger partial charge in [-0.3, -0.25) is 4.79 Å². The van der Waals surface area contributed by atoms with Crippen molar-refractivity contribution in [3.05, 3.63) is 29.3 Å². The second-order valence-electron chi connectivity index (χ2n) is 6.38. The summed E-state index contributed by atoms with van der Waals surface area (Å²) in [4.78, 5) is 15.7. The molecule has 1 N–H and O–H groups in total. The molecule has 1 atom stereocenters. The molecule has 3 nitrogen and oxygen atoms in total. The number of nitrogens with one attached hydrogen (secondary N) is 1. The highest BCUT2D eigenvalue weighted by Crippen LogP contribution is 2.24. The summed E-state index contributed by atoms with van der Waals surface area (Å²) in [6.45, 7) is 8.54. The van der Waals surface area contributed by atoms with Crippen molar-refractivity contribution in [2.75, 3.05) is 26.2 Å². The van der Waals surface area contributed by atoms with E-state index in [1.807, 2.05) is 31.2 Å². The summed E-state index contributed by atoms with van der Waals surface area (Å²) in [5.41, 5.74) is 0. The van der Waals surface area contributed by atoms with Gasteiger partial charge in [0.1, 0.15) is 0 Å². The van der Waals surface area contributed by atoms with Gasteiger partial charge < -0.3 is 10.2 Å². The van der Waals surface area contributed by atoms with Crippen LogP contribution < -0.4 is 5.32 Å². The van der Waals surface area contributed by atoms with Gasteiger partial charge in [-0.1, -0.05) is 18.5 Å². The van der Waals surface area contributed by atoms with Crippen LogP contribution in [0, 0.1) is 5.92 Å². The average Bonchev–Trinajstić information content (AvgIpc) is 2.55.